The Morgan fingerprint density at radius 3 is 2.65 bits per heavy atom. The van der Waals surface area contributed by atoms with Crippen LogP contribution in [0.3, 0.4) is 0 Å². The quantitative estimate of drug-likeness (QED) is 0.851. The van der Waals surface area contributed by atoms with E-state index in [1.807, 2.05) is 6.92 Å². The second kappa shape index (κ2) is 6.94. The monoisotopic (exact) mass is 354 g/mol. The van der Waals surface area contributed by atoms with E-state index in [2.05, 4.69) is 26.0 Å². The number of alkyl halides is 3. The zero-order valence-corrected chi connectivity index (χ0v) is 12.2. The molecule has 3 N–H and O–H groups in total. The molecule has 1 amide bonds. The predicted molar refractivity (Wildman–Crippen MR) is 72.3 cm³/mol. The van der Waals surface area contributed by atoms with Gasteiger partial charge >= 0.3 is 6.36 Å². The topological polar surface area (TPSA) is 64.4 Å². The summed E-state index contributed by atoms with van der Waals surface area (Å²) in [5, 5.41) is 2.53. The van der Waals surface area contributed by atoms with Gasteiger partial charge in [0.05, 0.1) is 10.5 Å². The Hall–Kier alpha value is -1.28. The molecule has 0 aromatic heterocycles. The average molecular weight is 355 g/mol. The molecule has 0 saturated heterocycles. The first-order chi connectivity index (χ1) is 9.23. The minimum atomic E-state index is -4.77. The molecule has 8 heteroatoms. The van der Waals surface area contributed by atoms with Crippen molar-refractivity contribution in [2.75, 3.05) is 5.32 Å². The minimum absolute atomic E-state index is 0.0803. The highest BCUT2D eigenvalue weighted by Gasteiger charge is 2.32. The van der Waals surface area contributed by atoms with Gasteiger partial charge in [-0.25, -0.2) is 0 Å². The van der Waals surface area contributed by atoms with E-state index in [1.54, 1.807) is 0 Å². The lowest BCUT2D eigenvalue weighted by molar-refractivity contribution is -0.274. The van der Waals surface area contributed by atoms with Crippen molar-refractivity contribution in [1.29, 1.82) is 0 Å². The van der Waals surface area contributed by atoms with Crippen molar-refractivity contribution >= 4 is 27.5 Å². The normalized spacial score (nSPS) is 12.9. The van der Waals surface area contributed by atoms with Gasteiger partial charge in [-0.05, 0) is 40.5 Å². The van der Waals surface area contributed by atoms with E-state index < -0.39 is 12.4 Å². The molecule has 20 heavy (non-hydrogen) atoms. The Bertz CT molecular complexity index is 480. The molecule has 1 aromatic rings. The summed E-state index contributed by atoms with van der Waals surface area (Å²) < 4.78 is 40.2. The summed E-state index contributed by atoms with van der Waals surface area (Å²) in [6.45, 7) is 1.90. The lowest BCUT2D eigenvalue weighted by Gasteiger charge is -2.14. The number of nitrogens with one attached hydrogen (secondary N) is 1. The standard InChI is InChI=1S/C12H14BrF3N2O2/c1-2-3-9(17)11(19)18-7-4-5-10(8(13)6-7)20-12(14,15)16/h4-6,9H,2-3,17H2,1H3,(H,18,19). The number of rotatable bonds is 5. The smallest absolute Gasteiger partial charge is 0.405 e. The minimum Gasteiger partial charge on any atom is -0.405 e. The van der Waals surface area contributed by atoms with Crippen LogP contribution in [0.2, 0.25) is 0 Å². The lowest BCUT2D eigenvalue weighted by Crippen LogP contribution is -2.35. The molecule has 0 fully saturated rings. The van der Waals surface area contributed by atoms with E-state index in [0.29, 0.717) is 12.1 Å². The van der Waals surface area contributed by atoms with Gasteiger partial charge in [0, 0.05) is 5.69 Å². The molecule has 4 nitrogen and oxygen atoms in total. The first-order valence-corrected chi connectivity index (χ1v) is 6.64. The number of anilines is 1. The van der Waals surface area contributed by atoms with Gasteiger partial charge in [-0.2, -0.15) is 0 Å². The highest BCUT2D eigenvalue weighted by molar-refractivity contribution is 9.10. The number of amides is 1. The van der Waals surface area contributed by atoms with Crippen molar-refractivity contribution in [3.63, 3.8) is 0 Å². The maximum Gasteiger partial charge on any atom is 0.573 e. The molecule has 0 spiro atoms. The molecule has 1 rings (SSSR count). The molecule has 0 radical (unpaired) electrons. The van der Waals surface area contributed by atoms with Crippen LogP contribution in [-0.4, -0.2) is 18.3 Å². The molecule has 0 heterocycles. The highest BCUT2D eigenvalue weighted by atomic mass is 79.9. The Morgan fingerprint density at radius 2 is 2.15 bits per heavy atom. The summed E-state index contributed by atoms with van der Waals surface area (Å²) in [4.78, 5) is 11.7. The SMILES string of the molecule is CCCC(N)C(=O)Nc1ccc(OC(F)(F)F)c(Br)c1. The van der Waals surface area contributed by atoms with Gasteiger partial charge in [0.15, 0.2) is 0 Å². The summed E-state index contributed by atoms with van der Waals surface area (Å²) in [5.74, 6) is -0.767. The summed E-state index contributed by atoms with van der Waals surface area (Å²) in [6.07, 6.45) is -3.48. The number of hydrogen-bond acceptors (Lipinski definition) is 3. The van der Waals surface area contributed by atoms with E-state index in [-0.39, 0.29) is 16.1 Å². The first-order valence-electron chi connectivity index (χ1n) is 5.84. The molecule has 1 unspecified atom stereocenters. The molecule has 0 aliphatic rings. The van der Waals surface area contributed by atoms with E-state index in [0.717, 1.165) is 12.5 Å². The van der Waals surface area contributed by atoms with Gasteiger partial charge in [-0.1, -0.05) is 13.3 Å². The average Bonchev–Trinajstić information content (AvgIpc) is 2.31. The predicted octanol–water partition coefficient (Wildman–Crippen LogP) is 3.41. The maximum atomic E-state index is 12.1. The van der Waals surface area contributed by atoms with E-state index in [9.17, 15) is 18.0 Å². The summed E-state index contributed by atoms with van der Waals surface area (Å²) in [6, 6.07) is 3.09. The van der Waals surface area contributed by atoms with Crippen LogP contribution in [0.5, 0.6) is 5.75 Å². The fourth-order valence-corrected chi connectivity index (χ4v) is 1.92. The van der Waals surface area contributed by atoms with Crippen LogP contribution in [0.15, 0.2) is 22.7 Å². The van der Waals surface area contributed by atoms with Crippen molar-refractivity contribution in [1.82, 2.24) is 0 Å². The van der Waals surface area contributed by atoms with E-state index in [1.165, 1.54) is 12.1 Å². The Labute approximate surface area is 122 Å². The zero-order chi connectivity index (χ0) is 15.3. The second-order valence-electron chi connectivity index (χ2n) is 4.08. The van der Waals surface area contributed by atoms with Gasteiger partial charge in [-0.15, -0.1) is 13.2 Å². The maximum absolute atomic E-state index is 12.1. The largest absolute Gasteiger partial charge is 0.573 e. The zero-order valence-electron chi connectivity index (χ0n) is 10.6. The van der Waals surface area contributed by atoms with Crippen molar-refractivity contribution in [2.24, 2.45) is 5.73 Å². The van der Waals surface area contributed by atoms with Crippen molar-refractivity contribution < 1.29 is 22.7 Å². The third kappa shape index (κ3) is 5.38. The van der Waals surface area contributed by atoms with Gasteiger partial charge in [0.2, 0.25) is 5.91 Å². The van der Waals surface area contributed by atoms with Crippen LogP contribution in [-0.2, 0) is 4.79 Å². The van der Waals surface area contributed by atoms with Crippen molar-refractivity contribution in [3.05, 3.63) is 22.7 Å². The molecule has 0 aliphatic heterocycles. The third-order valence-corrected chi connectivity index (χ3v) is 2.98. The number of ether oxygens (including phenoxy) is 1. The number of halogens is 4. The molecule has 0 aliphatic carbocycles. The van der Waals surface area contributed by atoms with E-state index in [4.69, 9.17) is 5.73 Å². The van der Waals surface area contributed by atoms with Gasteiger partial charge in [0.1, 0.15) is 5.75 Å². The molecular formula is C12H14BrF3N2O2. The van der Waals surface area contributed by atoms with Crippen LogP contribution < -0.4 is 15.8 Å². The third-order valence-electron chi connectivity index (χ3n) is 2.36. The summed E-state index contributed by atoms with van der Waals surface area (Å²) in [7, 11) is 0. The van der Waals surface area contributed by atoms with Crippen LogP contribution >= 0.6 is 15.9 Å². The molecule has 0 saturated carbocycles. The van der Waals surface area contributed by atoms with Gasteiger partial charge in [0.25, 0.3) is 0 Å². The first kappa shape index (κ1) is 16.8. The van der Waals surface area contributed by atoms with Gasteiger partial charge in [-0.3, -0.25) is 4.79 Å². The van der Waals surface area contributed by atoms with Crippen LogP contribution in [0.25, 0.3) is 0 Å². The Kier molecular flexibility index (Phi) is 5.82. The number of carbonyl (C=O) groups is 1. The Morgan fingerprint density at radius 1 is 1.50 bits per heavy atom. The molecule has 1 aromatic carbocycles. The fraction of sp³-hybridized carbons (Fsp3) is 0.417. The molecule has 0 bridgehead atoms. The number of nitrogens with two attached hydrogens (primary N) is 1. The number of hydrogen-bond donors (Lipinski definition) is 2. The van der Waals surface area contributed by atoms with Crippen LogP contribution in [0.4, 0.5) is 18.9 Å². The van der Waals surface area contributed by atoms with Crippen molar-refractivity contribution in [2.45, 2.75) is 32.2 Å². The van der Waals surface area contributed by atoms with Crippen molar-refractivity contribution in [3.8, 4) is 5.75 Å². The lowest BCUT2D eigenvalue weighted by atomic mass is 10.1. The summed E-state index contributed by atoms with van der Waals surface area (Å²) >= 11 is 2.95. The fourth-order valence-electron chi connectivity index (χ4n) is 1.46. The number of carbonyl (C=O) groups excluding carboxylic acids is 1. The highest BCUT2D eigenvalue weighted by Crippen LogP contribution is 2.32. The number of benzene rings is 1. The van der Waals surface area contributed by atoms with Crippen LogP contribution in [0, 0.1) is 0 Å². The molecule has 1 atom stereocenters. The van der Waals surface area contributed by atoms with Gasteiger partial charge < -0.3 is 15.8 Å². The summed E-state index contributed by atoms with van der Waals surface area (Å²) in [5.41, 5.74) is 5.97. The Balaban J connectivity index is 2.75. The molecular weight excluding hydrogens is 341 g/mol. The second-order valence-corrected chi connectivity index (χ2v) is 4.93. The molecule has 112 valence electrons. The van der Waals surface area contributed by atoms with E-state index >= 15 is 0 Å². The van der Waals surface area contributed by atoms with Crippen LogP contribution in [0.1, 0.15) is 19.8 Å².